The van der Waals surface area contributed by atoms with Gasteiger partial charge in [-0.2, -0.15) is 0 Å². The molecule has 0 saturated carbocycles. The predicted octanol–water partition coefficient (Wildman–Crippen LogP) is 4.14. The van der Waals surface area contributed by atoms with Crippen molar-refractivity contribution in [2.45, 2.75) is 46.6 Å². The zero-order valence-corrected chi connectivity index (χ0v) is 14.3. The Balaban J connectivity index is 2.51. The van der Waals surface area contributed by atoms with Crippen molar-refractivity contribution in [2.75, 3.05) is 11.4 Å². The molecule has 0 fully saturated rings. The molecule has 5 heteroatoms. The van der Waals surface area contributed by atoms with Gasteiger partial charge in [0.25, 0.3) is 0 Å². The fourth-order valence-electron chi connectivity index (χ4n) is 2.61. The molecule has 110 valence electrons. The number of anilines is 1. The van der Waals surface area contributed by atoms with Crippen LogP contribution in [0.1, 0.15) is 40.5 Å². The van der Waals surface area contributed by atoms with Crippen LogP contribution in [0.15, 0.2) is 23.2 Å². The van der Waals surface area contributed by atoms with E-state index >= 15 is 0 Å². The molecule has 0 saturated heterocycles. The second-order valence-corrected chi connectivity index (χ2v) is 6.37. The first-order chi connectivity index (χ1) is 9.56. The molecular formula is C15H23BrN4. The molecule has 0 radical (unpaired) electrons. The highest BCUT2D eigenvalue weighted by Gasteiger charge is 2.21. The first-order valence-corrected chi connectivity index (χ1v) is 8.11. The summed E-state index contributed by atoms with van der Waals surface area (Å²) in [7, 11) is 0. The average Bonchev–Trinajstić information content (AvgIpc) is 2.85. The molecule has 0 aromatic carbocycles. The van der Waals surface area contributed by atoms with Gasteiger partial charge in [0.15, 0.2) is 11.5 Å². The van der Waals surface area contributed by atoms with Crippen LogP contribution in [-0.4, -0.2) is 27.0 Å². The van der Waals surface area contributed by atoms with Gasteiger partial charge in [0.05, 0.1) is 0 Å². The maximum atomic E-state index is 4.70. The number of rotatable bonds is 6. The smallest absolute Gasteiger partial charge is 0.180 e. The van der Waals surface area contributed by atoms with E-state index < -0.39 is 0 Å². The third-order valence-electron chi connectivity index (χ3n) is 3.54. The Hall–Kier alpha value is -1.10. The van der Waals surface area contributed by atoms with E-state index in [4.69, 9.17) is 4.98 Å². The van der Waals surface area contributed by atoms with E-state index in [1.165, 1.54) is 0 Å². The molecule has 0 N–H and O–H groups in total. The van der Waals surface area contributed by atoms with Crippen LogP contribution in [-0.2, 0) is 0 Å². The van der Waals surface area contributed by atoms with Crippen molar-refractivity contribution < 1.29 is 0 Å². The van der Waals surface area contributed by atoms with Crippen molar-refractivity contribution >= 4 is 27.4 Å². The van der Waals surface area contributed by atoms with Crippen LogP contribution in [0.5, 0.6) is 0 Å². The molecule has 2 aromatic heterocycles. The Morgan fingerprint density at radius 2 is 2.00 bits per heavy atom. The highest BCUT2D eigenvalue weighted by molar-refractivity contribution is 9.10. The first kappa shape index (κ1) is 15.3. The van der Waals surface area contributed by atoms with E-state index in [2.05, 4.69) is 53.5 Å². The summed E-state index contributed by atoms with van der Waals surface area (Å²) < 4.78 is 2.87. The number of aromatic nitrogens is 3. The molecule has 20 heavy (non-hydrogen) atoms. The normalized spacial score (nSPS) is 11.8. The fourth-order valence-corrected chi connectivity index (χ4v) is 3.00. The first-order valence-electron chi connectivity index (χ1n) is 7.32. The molecule has 0 aliphatic carbocycles. The van der Waals surface area contributed by atoms with Crippen LogP contribution in [0.2, 0.25) is 0 Å². The molecule has 0 spiro atoms. The minimum atomic E-state index is 0.500. The van der Waals surface area contributed by atoms with Gasteiger partial charge in [0.1, 0.15) is 4.60 Å². The third-order valence-corrected chi connectivity index (χ3v) is 3.93. The van der Waals surface area contributed by atoms with Gasteiger partial charge in [-0.25, -0.2) is 9.97 Å². The van der Waals surface area contributed by atoms with Crippen LogP contribution in [0, 0.1) is 5.92 Å². The second kappa shape index (κ2) is 6.57. The minimum Gasteiger partial charge on any atom is -0.350 e. The summed E-state index contributed by atoms with van der Waals surface area (Å²) >= 11 is 3.51. The molecule has 2 aromatic rings. The van der Waals surface area contributed by atoms with Crippen molar-refractivity contribution in [1.82, 2.24) is 14.4 Å². The second-order valence-electron chi connectivity index (χ2n) is 5.56. The van der Waals surface area contributed by atoms with Crippen LogP contribution in [0.3, 0.4) is 0 Å². The molecule has 0 atom stereocenters. The average molecular weight is 339 g/mol. The number of hydrogen-bond acceptors (Lipinski definition) is 3. The summed E-state index contributed by atoms with van der Waals surface area (Å²) in [4.78, 5) is 11.6. The largest absolute Gasteiger partial charge is 0.350 e. The van der Waals surface area contributed by atoms with Crippen molar-refractivity contribution in [3.05, 3.63) is 23.2 Å². The fraction of sp³-hybridized carbons (Fsp3) is 0.600. The standard InChI is InChI=1S/C15H23BrN4/c1-5-12(6-2)20(9-11(3)4)15-14-17-7-8-19(14)10-13(16)18-15/h7-8,10-12H,5-6,9H2,1-4H3. The van der Waals surface area contributed by atoms with Crippen LogP contribution < -0.4 is 4.90 Å². The molecule has 0 aliphatic heterocycles. The van der Waals surface area contributed by atoms with Gasteiger partial charge in [-0.05, 0) is 34.7 Å². The lowest BCUT2D eigenvalue weighted by atomic mass is 10.1. The summed E-state index contributed by atoms with van der Waals surface area (Å²) in [6, 6.07) is 0.500. The maximum absolute atomic E-state index is 4.70. The van der Waals surface area contributed by atoms with Gasteiger partial charge >= 0.3 is 0 Å². The van der Waals surface area contributed by atoms with Crippen LogP contribution in [0.4, 0.5) is 5.82 Å². The number of fused-ring (bicyclic) bond motifs is 1. The zero-order chi connectivity index (χ0) is 14.7. The van der Waals surface area contributed by atoms with E-state index in [-0.39, 0.29) is 0 Å². The van der Waals surface area contributed by atoms with Crippen molar-refractivity contribution in [2.24, 2.45) is 5.92 Å². The quantitative estimate of drug-likeness (QED) is 0.793. The monoisotopic (exact) mass is 338 g/mol. The van der Waals surface area contributed by atoms with E-state index in [0.29, 0.717) is 12.0 Å². The van der Waals surface area contributed by atoms with Gasteiger partial charge in [0, 0.05) is 31.2 Å². The summed E-state index contributed by atoms with van der Waals surface area (Å²) in [5.41, 5.74) is 0.931. The van der Waals surface area contributed by atoms with Gasteiger partial charge in [0.2, 0.25) is 0 Å². The van der Waals surface area contributed by atoms with Crippen LogP contribution in [0.25, 0.3) is 5.65 Å². The topological polar surface area (TPSA) is 33.4 Å². The summed E-state index contributed by atoms with van der Waals surface area (Å²) in [5, 5.41) is 0. The van der Waals surface area contributed by atoms with Gasteiger partial charge in [-0.1, -0.05) is 27.7 Å². The third kappa shape index (κ3) is 3.14. The molecule has 2 heterocycles. The number of hydrogen-bond donors (Lipinski definition) is 0. The summed E-state index contributed by atoms with van der Waals surface area (Å²) in [6.07, 6.45) is 7.97. The number of halogens is 1. The van der Waals surface area contributed by atoms with Crippen molar-refractivity contribution in [1.29, 1.82) is 0 Å². The Bertz CT molecular complexity index is 560. The number of imidazole rings is 1. The molecule has 0 bridgehead atoms. The Morgan fingerprint density at radius 1 is 1.30 bits per heavy atom. The highest BCUT2D eigenvalue weighted by Crippen LogP contribution is 2.26. The molecule has 2 rings (SSSR count). The van der Waals surface area contributed by atoms with E-state index in [1.807, 2.05) is 23.0 Å². The van der Waals surface area contributed by atoms with Crippen LogP contribution >= 0.6 is 15.9 Å². The molecular weight excluding hydrogens is 316 g/mol. The Kier molecular flexibility index (Phi) is 5.02. The lowest BCUT2D eigenvalue weighted by Crippen LogP contribution is -2.38. The summed E-state index contributed by atoms with van der Waals surface area (Å²) in [5.74, 6) is 1.57. The van der Waals surface area contributed by atoms with E-state index in [9.17, 15) is 0 Å². The van der Waals surface area contributed by atoms with Crippen molar-refractivity contribution in [3.8, 4) is 0 Å². The SMILES string of the molecule is CCC(CC)N(CC(C)C)c1nc(Br)cn2ccnc12. The highest BCUT2D eigenvalue weighted by atomic mass is 79.9. The molecule has 4 nitrogen and oxygen atoms in total. The lowest BCUT2D eigenvalue weighted by molar-refractivity contribution is 0.503. The van der Waals surface area contributed by atoms with Gasteiger partial charge < -0.3 is 9.30 Å². The summed E-state index contributed by atoms with van der Waals surface area (Å²) in [6.45, 7) is 9.97. The molecule has 0 aliphatic rings. The Labute approximate surface area is 129 Å². The molecule has 0 unspecified atom stereocenters. The van der Waals surface area contributed by atoms with Gasteiger partial charge in [-0.15, -0.1) is 0 Å². The van der Waals surface area contributed by atoms with Crippen molar-refractivity contribution in [3.63, 3.8) is 0 Å². The molecule has 0 amide bonds. The Morgan fingerprint density at radius 3 is 2.60 bits per heavy atom. The predicted molar refractivity (Wildman–Crippen MR) is 87.2 cm³/mol. The van der Waals surface area contributed by atoms with Gasteiger partial charge in [-0.3, -0.25) is 0 Å². The van der Waals surface area contributed by atoms with E-state index in [0.717, 1.165) is 35.5 Å². The zero-order valence-electron chi connectivity index (χ0n) is 12.7. The lowest BCUT2D eigenvalue weighted by Gasteiger charge is -2.33. The number of nitrogens with zero attached hydrogens (tertiary/aromatic N) is 4. The maximum Gasteiger partial charge on any atom is 0.180 e. The minimum absolute atomic E-state index is 0.500. The van der Waals surface area contributed by atoms with E-state index in [1.54, 1.807) is 0 Å².